The number of nitrogens with zero attached hydrogens (tertiary/aromatic N) is 4. The van der Waals surface area contributed by atoms with Crippen molar-refractivity contribution in [1.29, 1.82) is 0 Å². The summed E-state index contributed by atoms with van der Waals surface area (Å²) in [7, 11) is 0. The summed E-state index contributed by atoms with van der Waals surface area (Å²) < 4.78 is 5.27. The maximum atomic E-state index is 10.7. The Morgan fingerprint density at radius 2 is 2.13 bits per heavy atom. The molecule has 2 heterocycles. The van der Waals surface area contributed by atoms with Crippen molar-refractivity contribution < 1.29 is 14.6 Å². The molecule has 1 aromatic carbocycles. The summed E-state index contributed by atoms with van der Waals surface area (Å²) in [6.07, 6.45) is 3.19. The van der Waals surface area contributed by atoms with E-state index < -0.39 is 4.92 Å². The molecule has 1 N–H and O–H groups in total. The van der Waals surface area contributed by atoms with Crippen LogP contribution in [0.4, 0.5) is 5.69 Å². The molecule has 1 aliphatic heterocycles. The number of rotatable bonds is 5. The van der Waals surface area contributed by atoms with Gasteiger partial charge in [0.25, 0.3) is 5.69 Å². The second-order valence-electron chi connectivity index (χ2n) is 5.62. The Morgan fingerprint density at radius 1 is 1.35 bits per heavy atom. The standard InChI is InChI=1S/C15H18N4O4/c20-10-13-3-1-2-8-18(13)9-14-16-15(17-23-14)11-4-6-12(7-5-11)19(21)22/h4-7,13,20H,1-3,8-10H2. The van der Waals surface area contributed by atoms with Gasteiger partial charge in [0.1, 0.15) is 0 Å². The second-order valence-corrected chi connectivity index (χ2v) is 5.62. The molecule has 0 radical (unpaired) electrons. The van der Waals surface area contributed by atoms with Crippen molar-refractivity contribution in [3.63, 3.8) is 0 Å². The van der Waals surface area contributed by atoms with Crippen LogP contribution in [0.3, 0.4) is 0 Å². The van der Waals surface area contributed by atoms with Crippen molar-refractivity contribution in [2.75, 3.05) is 13.2 Å². The first kappa shape index (κ1) is 15.6. The minimum Gasteiger partial charge on any atom is -0.395 e. The fourth-order valence-electron chi connectivity index (χ4n) is 2.82. The third-order valence-electron chi connectivity index (χ3n) is 4.10. The lowest BCUT2D eigenvalue weighted by atomic mass is 10.0. The van der Waals surface area contributed by atoms with Gasteiger partial charge >= 0.3 is 0 Å². The molecule has 8 heteroatoms. The summed E-state index contributed by atoms with van der Waals surface area (Å²) in [5.74, 6) is 0.895. The van der Waals surface area contributed by atoms with Crippen molar-refractivity contribution in [3.8, 4) is 11.4 Å². The van der Waals surface area contributed by atoms with Crippen LogP contribution in [0.15, 0.2) is 28.8 Å². The van der Waals surface area contributed by atoms with E-state index in [1.54, 1.807) is 12.1 Å². The number of hydrogen-bond acceptors (Lipinski definition) is 7. The Kier molecular flexibility index (Phi) is 4.63. The summed E-state index contributed by atoms with van der Waals surface area (Å²) in [5, 5.41) is 24.0. The fraction of sp³-hybridized carbons (Fsp3) is 0.467. The average molecular weight is 318 g/mol. The molecule has 1 atom stereocenters. The van der Waals surface area contributed by atoms with E-state index >= 15 is 0 Å². The van der Waals surface area contributed by atoms with Crippen LogP contribution in [0.1, 0.15) is 25.2 Å². The lowest BCUT2D eigenvalue weighted by molar-refractivity contribution is -0.384. The van der Waals surface area contributed by atoms with Gasteiger partial charge in [-0.2, -0.15) is 4.98 Å². The zero-order valence-corrected chi connectivity index (χ0v) is 12.6. The van der Waals surface area contributed by atoms with Gasteiger partial charge in [-0.1, -0.05) is 11.6 Å². The zero-order chi connectivity index (χ0) is 16.2. The van der Waals surface area contributed by atoms with Crippen molar-refractivity contribution in [2.24, 2.45) is 0 Å². The molecule has 1 saturated heterocycles. The number of non-ortho nitro benzene ring substituents is 1. The van der Waals surface area contributed by atoms with Crippen LogP contribution in [-0.4, -0.2) is 44.3 Å². The third kappa shape index (κ3) is 3.54. The predicted molar refractivity (Wildman–Crippen MR) is 81.5 cm³/mol. The minimum absolute atomic E-state index is 0.0246. The monoisotopic (exact) mass is 318 g/mol. The van der Waals surface area contributed by atoms with Crippen LogP contribution in [0.2, 0.25) is 0 Å². The molecule has 0 spiro atoms. The molecule has 23 heavy (non-hydrogen) atoms. The highest BCUT2D eigenvalue weighted by molar-refractivity contribution is 5.56. The molecule has 2 aromatic rings. The highest BCUT2D eigenvalue weighted by atomic mass is 16.6. The second kappa shape index (κ2) is 6.84. The van der Waals surface area contributed by atoms with Crippen LogP contribution >= 0.6 is 0 Å². The lowest BCUT2D eigenvalue weighted by Gasteiger charge is -2.33. The Labute approximate surface area is 132 Å². The summed E-state index contributed by atoms with van der Waals surface area (Å²) in [4.78, 5) is 16.7. The molecule has 1 aliphatic rings. The molecule has 1 aromatic heterocycles. The molecular weight excluding hydrogens is 300 g/mol. The van der Waals surface area contributed by atoms with E-state index in [1.807, 2.05) is 0 Å². The Balaban J connectivity index is 1.71. The quantitative estimate of drug-likeness (QED) is 0.663. The molecular formula is C15H18N4O4. The topological polar surface area (TPSA) is 106 Å². The first-order valence-electron chi connectivity index (χ1n) is 7.59. The van der Waals surface area contributed by atoms with Gasteiger partial charge in [-0.15, -0.1) is 0 Å². The van der Waals surface area contributed by atoms with Crippen LogP contribution < -0.4 is 0 Å². The third-order valence-corrected chi connectivity index (χ3v) is 4.10. The van der Waals surface area contributed by atoms with E-state index in [-0.39, 0.29) is 18.3 Å². The Morgan fingerprint density at radius 3 is 2.83 bits per heavy atom. The van der Waals surface area contributed by atoms with Gasteiger partial charge in [0.05, 0.1) is 18.1 Å². The summed E-state index contributed by atoms with van der Waals surface area (Å²) in [6.45, 7) is 1.54. The number of aliphatic hydroxyl groups is 1. The predicted octanol–water partition coefficient (Wildman–Crippen LogP) is 1.99. The molecule has 122 valence electrons. The zero-order valence-electron chi connectivity index (χ0n) is 12.6. The van der Waals surface area contributed by atoms with Gasteiger partial charge in [0.2, 0.25) is 11.7 Å². The number of nitro groups is 1. The van der Waals surface area contributed by atoms with E-state index in [0.29, 0.717) is 23.8 Å². The Hall–Kier alpha value is -2.32. The molecule has 0 bridgehead atoms. The summed E-state index contributed by atoms with van der Waals surface area (Å²) in [6, 6.07) is 6.17. The highest BCUT2D eigenvalue weighted by Crippen LogP contribution is 2.22. The van der Waals surface area contributed by atoms with E-state index in [2.05, 4.69) is 15.0 Å². The van der Waals surface area contributed by atoms with Crippen molar-refractivity contribution in [1.82, 2.24) is 15.0 Å². The van der Waals surface area contributed by atoms with Gasteiger partial charge in [-0.25, -0.2) is 0 Å². The molecule has 0 aliphatic carbocycles. The smallest absolute Gasteiger partial charge is 0.269 e. The van der Waals surface area contributed by atoms with Gasteiger partial charge < -0.3 is 9.63 Å². The van der Waals surface area contributed by atoms with Crippen molar-refractivity contribution >= 4 is 5.69 Å². The minimum atomic E-state index is -0.448. The van der Waals surface area contributed by atoms with Gasteiger partial charge in [0.15, 0.2) is 0 Å². The van der Waals surface area contributed by atoms with Crippen LogP contribution in [-0.2, 0) is 6.54 Å². The Bertz CT molecular complexity index is 670. The van der Waals surface area contributed by atoms with Crippen molar-refractivity contribution in [3.05, 3.63) is 40.3 Å². The van der Waals surface area contributed by atoms with Gasteiger partial charge in [-0.05, 0) is 31.5 Å². The van der Waals surface area contributed by atoms with Crippen LogP contribution in [0, 0.1) is 10.1 Å². The first-order valence-corrected chi connectivity index (χ1v) is 7.59. The number of likely N-dealkylation sites (tertiary alicyclic amines) is 1. The first-order chi connectivity index (χ1) is 11.2. The SMILES string of the molecule is O=[N+]([O-])c1ccc(-c2noc(CN3CCCCC3CO)n2)cc1. The summed E-state index contributed by atoms with van der Waals surface area (Å²) >= 11 is 0. The fourth-order valence-corrected chi connectivity index (χ4v) is 2.82. The molecule has 1 unspecified atom stereocenters. The number of nitro benzene ring substituents is 1. The highest BCUT2D eigenvalue weighted by Gasteiger charge is 2.23. The van der Waals surface area contributed by atoms with Crippen LogP contribution in [0.25, 0.3) is 11.4 Å². The van der Waals surface area contributed by atoms with E-state index in [0.717, 1.165) is 25.8 Å². The lowest BCUT2D eigenvalue weighted by Crippen LogP contribution is -2.41. The molecule has 0 amide bonds. The normalized spacial score (nSPS) is 18.9. The molecule has 0 saturated carbocycles. The van der Waals surface area contributed by atoms with Crippen LogP contribution in [0.5, 0.6) is 0 Å². The average Bonchev–Trinajstić information content (AvgIpc) is 3.04. The molecule has 3 rings (SSSR count). The van der Waals surface area contributed by atoms with Crippen molar-refractivity contribution in [2.45, 2.75) is 31.8 Å². The molecule has 8 nitrogen and oxygen atoms in total. The van der Waals surface area contributed by atoms with E-state index in [1.165, 1.54) is 12.1 Å². The van der Waals surface area contributed by atoms with E-state index in [9.17, 15) is 15.2 Å². The summed E-state index contributed by atoms with van der Waals surface area (Å²) in [5.41, 5.74) is 0.694. The number of piperidine rings is 1. The maximum Gasteiger partial charge on any atom is 0.269 e. The van der Waals surface area contributed by atoms with Gasteiger partial charge in [0, 0.05) is 23.7 Å². The maximum absolute atomic E-state index is 10.7. The number of benzene rings is 1. The number of hydrogen-bond donors (Lipinski definition) is 1. The molecule has 1 fully saturated rings. The number of aromatic nitrogens is 2. The van der Waals surface area contributed by atoms with Gasteiger partial charge in [-0.3, -0.25) is 15.0 Å². The van der Waals surface area contributed by atoms with E-state index in [4.69, 9.17) is 4.52 Å². The largest absolute Gasteiger partial charge is 0.395 e. The number of aliphatic hydroxyl groups excluding tert-OH is 1.